The van der Waals surface area contributed by atoms with Gasteiger partial charge in [-0.25, -0.2) is 0 Å². The number of H-pyrrole nitrogens is 1. The van der Waals surface area contributed by atoms with E-state index in [2.05, 4.69) is 44.8 Å². The molecule has 0 saturated carbocycles. The van der Waals surface area contributed by atoms with Crippen LogP contribution in [0.25, 0.3) is 11.1 Å². The second-order valence-electron chi connectivity index (χ2n) is 6.82. The number of pyridine rings is 1. The third kappa shape index (κ3) is 2.37. The highest BCUT2D eigenvalue weighted by Crippen LogP contribution is 2.43. The van der Waals surface area contributed by atoms with E-state index in [1.165, 1.54) is 11.1 Å². The molecule has 3 nitrogen and oxygen atoms in total. The van der Waals surface area contributed by atoms with E-state index in [1.807, 2.05) is 12.1 Å². The van der Waals surface area contributed by atoms with Crippen LogP contribution in [-0.2, 0) is 5.41 Å². The van der Waals surface area contributed by atoms with E-state index in [9.17, 15) is 4.79 Å². The van der Waals surface area contributed by atoms with Crippen LogP contribution >= 0.6 is 0 Å². The quantitative estimate of drug-likeness (QED) is 0.864. The highest BCUT2D eigenvalue weighted by atomic mass is 16.5. The zero-order valence-electron chi connectivity index (χ0n) is 13.0. The van der Waals surface area contributed by atoms with E-state index in [0.29, 0.717) is 18.1 Å². The molecule has 2 aromatic rings. The average Bonchev–Trinajstić information content (AvgIpc) is 2.79. The SMILES string of the molecule is CC1COc2c1cc(-c1ccc[nH]c1=O)cc2C(C)(C)C. The predicted molar refractivity (Wildman–Crippen MR) is 85.1 cm³/mol. The largest absolute Gasteiger partial charge is 0.492 e. The lowest BCUT2D eigenvalue weighted by atomic mass is 9.82. The zero-order chi connectivity index (χ0) is 15.2. The third-order valence-electron chi connectivity index (χ3n) is 4.06. The number of hydrogen-bond acceptors (Lipinski definition) is 2. The lowest BCUT2D eigenvalue weighted by Gasteiger charge is -2.23. The molecule has 2 heterocycles. The van der Waals surface area contributed by atoms with Crippen LogP contribution in [0.4, 0.5) is 0 Å². The Balaban J connectivity index is 2.27. The maximum atomic E-state index is 12.1. The molecule has 1 aliphatic rings. The van der Waals surface area contributed by atoms with Crippen molar-refractivity contribution in [2.24, 2.45) is 0 Å². The van der Waals surface area contributed by atoms with Crippen molar-refractivity contribution in [3.8, 4) is 16.9 Å². The summed E-state index contributed by atoms with van der Waals surface area (Å²) in [5.41, 5.74) is 3.99. The van der Waals surface area contributed by atoms with Crippen LogP contribution in [0.15, 0.2) is 35.3 Å². The summed E-state index contributed by atoms with van der Waals surface area (Å²) in [5.74, 6) is 1.37. The Kier molecular flexibility index (Phi) is 3.16. The standard InChI is InChI=1S/C18H21NO2/c1-11-10-21-16-14(11)8-12(9-15(16)18(2,3)4)13-6-5-7-19-17(13)20/h5-9,11H,10H2,1-4H3,(H,19,20). The van der Waals surface area contributed by atoms with E-state index in [1.54, 1.807) is 6.20 Å². The van der Waals surface area contributed by atoms with Gasteiger partial charge in [-0.05, 0) is 35.2 Å². The van der Waals surface area contributed by atoms with Gasteiger partial charge in [-0.1, -0.05) is 27.7 Å². The van der Waals surface area contributed by atoms with Crippen LogP contribution in [-0.4, -0.2) is 11.6 Å². The second kappa shape index (κ2) is 4.76. The van der Waals surface area contributed by atoms with Gasteiger partial charge in [-0.3, -0.25) is 4.79 Å². The fourth-order valence-electron chi connectivity index (χ4n) is 2.84. The maximum absolute atomic E-state index is 12.1. The summed E-state index contributed by atoms with van der Waals surface area (Å²) in [6, 6.07) is 7.93. The molecule has 1 atom stereocenters. The first-order chi connectivity index (χ1) is 9.88. The number of nitrogens with one attached hydrogen (secondary N) is 1. The molecule has 1 aromatic carbocycles. The topological polar surface area (TPSA) is 42.1 Å². The van der Waals surface area contributed by atoms with E-state index >= 15 is 0 Å². The van der Waals surface area contributed by atoms with Crippen molar-refractivity contribution < 1.29 is 4.74 Å². The predicted octanol–water partition coefficient (Wildman–Crippen LogP) is 3.84. The number of hydrogen-bond donors (Lipinski definition) is 1. The number of aromatic nitrogens is 1. The van der Waals surface area contributed by atoms with Gasteiger partial charge in [0, 0.05) is 28.8 Å². The number of aromatic amines is 1. The minimum Gasteiger partial charge on any atom is -0.492 e. The molecule has 0 fully saturated rings. The third-order valence-corrected chi connectivity index (χ3v) is 4.06. The molecule has 1 aliphatic heterocycles. The first-order valence-electron chi connectivity index (χ1n) is 7.37. The van der Waals surface area contributed by atoms with Crippen LogP contribution in [0, 0.1) is 0 Å². The molecule has 0 spiro atoms. The van der Waals surface area contributed by atoms with Gasteiger partial charge in [0.1, 0.15) is 5.75 Å². The molecule has 1 unspecified atom stereocenters. The second-order valence-corrected chi connectivity index (χ2v) is 6.82. The minimum atomic E-state index is -0.0520. The van der Waals surface area contributed by atoms with Crippen LogP contribution in [0.3, 0.4) is 0 Å². The summed E-state index contributed by atoms with van der Waals surface area (Å²) >= 11 is 0. The normalized spacial score (nSPS) is 17.4. The Hall–Kier alpha value is -2.03. The molecular formula is C18H21NO2. The highest BCUT2D eigenvalue weighted by molar-refractivity contribution is 5.68. The molecule has 0 bridgehead atoms. The van der Waals surface area contributed by atoms with Crippen molar-refractivity contribution in [1.29, 1.82) is 0 Å². The van der Waals surface area contributed by atoms with Crippen LogP contribution < -0.4 is 10.3 Å². The summed E-state index contributed by atoms with van der Waals surface area (Å²) in [4.78, 5) is 14.8. The molecular weight excluding hydrogens is 262 g/mol. The molecule has 0 radical (unpaired) electrons. The molecule has 110 valence electrons. The van der Waals surface area contributed by atoms with Gasteiger partial charge in [0.2, 0.25) is 0 Å². The van der Waals surface area contributed by atoms with Crippen molar-refractivity contribution in [3.63, 3.8) is 0 Å². The van der Waals surface area contributed by atoms with Crippen LogP contribution in [0.2, 0.25) is 0 Å². The van der Waals surface area contributed by atoms with E-state index in [0.717, 1.165) is 11.3 Å². The van der Waals surface area contributed by atoms with Gasteiger partial charge < -0.3 is 9.72 Å². The summed E-state index contributed by atoms with van der Waals surface area (Å²) < 4.78 is 5.90. The van der Waals surface area contributed by atoms with E-state index < -0.39 is 0 Å². The Labute approximate surface area is 125 Å². The minimum absolute atomic E-state index is 0.0221. The molecule has 1 aromatic heterocycles. The number of ether oxygens (including phenoxy) is 1. The van der Waals surface area contributed by atoms with Gasteiger partial charge in [0.25, 0.3) is 5.56 Å². The highest BCUT2D eigenvalue weighted by Gasteiger charge is 2.29. The molecule has 21 heavy (non-hydrogen) atoms. The maximum Gasteiger partial charge on any atom is 0.255 e. The molecule has 0 aliphatic carbocycles. The first kappa shape index (κ1) is 13.9. The van der Waals surface area contributed by atoms with Crippen LogP contribution in [0.1, 0.15) is 44.7 Å². The Morgan fingerprint density at radius 2 is 2.05 bits per heavy atom. The molecule has 3 rings (SSSR count). The van der Waals surface area contributed by atoms with Gasteiger partial charge in [0.15, 0.2) is 0 Å². The number of rotatable bonds is 1. The van der Waals surface area contributed by atoms with Gasteiger partial charge in [-0.2, -0.15) is 0 Å². The van der Waals surface area contributed by atoms with Gasteiger partial charge in [0.05, 0.1) is 6.61 Å². The molecule has 3 heteroatoms. The average molecular weight is 283 g/mol. The van der Waals surface area contributed by atoms with Gasteiger partial charge in [-0.15, -0.1) is 0 Å². The van der Waals surface area contributed by atoms with Crippen molar-refractivity contribution in [1.82, 2.24) is 4.98 Å². The van der Waals surface area contributed by atoms with E-state index in [-0.39, 0.29) is 11.0 Å². The smallest absolute Gasteiger partial charge is 0.255 e. The van der Waals surface area contributed by atoms with Gasteiger partial charge >= 0.3 is 0 Å². The Morgan fingerprint density at radius 1 is 1.29 bits per heavy atom. The number of fused-ring (bicyclic) bond motifs is 1. The first-order valence-corrected chi connectivity index (χ1v) is 7.37. The number of benzene rings is 1. The molecule has 0 amide bonds. The lowest BCUT2D eigenvalue weighted by molar-refractivity contribution is 0.329. The van der Waals surface area contributed by atoms with Crippen molar-refractivity contribution in [3.05, 3.63) is 51.9 Å². The Morgan fingerprint density at radius 3 is 2.71 bits per heavy atom. The fourth-order valence-corrected chi connectivity index (χ4v) is 2.84. The zero-order valence-corrected chi connectivity index (χ0v) is 13.0. The van der Waals surface area contributed by atoms with Crippen molar-refractivity contribution in [2.45, 2.75) is 39.0 Å². The summed E-state index contributed by atoms with van der Waals surface area (Å²) in [6.07, 6.45) is 1.66. The van der Waals surface area contributed by atoms with Crippen LogP contribution in [0.5, 0.6) is 5.75 Å². The molecule has 0 saturated heterocycles. The fraction of sp³-hybridized carbons (Fsp3) is 0.389. The summed E-state index contributed by atoms with van der Waals surface area (Å²) in [6.45, 7) is 9.40. The van der Waals surface area contributed by atoms with Crippen molar-refractivity contribution >= 4 is 0 Å². The molecule has 1 N–H and O–H groups in total. The van der Waals surface area contributed by atoms with Crippen molar-refractivity contribution in [2.75, 3.05) is 6.61 Å². The lowest BCUT2D eigenvalue weighted by Crippen LogP contribution is -2.14. The summed E-state index contributed by atoms with van der Waals surface area (Å²) in [7, 11) is 0. The Bertz CT molecular complexity index is 738. The van der Waals surface area contributed by atoms with E-state index in [4.69, 9.17) is 4.74 Å². The summed E-state index contributed by atoms with van der Waals surface area (Å²) in [5, 5.41) is 0. The monoisotopic (exact) mass is 283 g/mol.